The Balaban J connectivity index is 3.00. The van der Waals surface area contributed by atoms with Crippen LogP contribution < -0.4 is 4.74 Å². The van der Waals surface area contributed by atoms with E-state index in [1.165, 1.54) is 0 Å². The van der Waals surface area contributed by atoms with Crippen molar-refractivity contribution in [1.82, 2.24) is 0 Å². The van der Waals surface area contributed by atoms with E-state index in [0.717, 1.165) is 33.8 Å². The minimum Gasteiger partial charge on any atom is -0.488 e. The highest BCUT2D eigenvalue weighted by molar-refractivity contribution is 9.11. The van der Waals surface area contributed by atoms with Crippen LogP contribution in [0.3, 0.4) is 0 Å². The van der Waals surface area contributed by atoms with Gasteiger partial charge in [0.1, 0.15) is 12.0 Å². The standard InChI is InChI=1S/C12H14Br2O2/c1-3-9(4-2)16-12-10(13)5-8(7-15)6-11(12)14/h5-7,9H,3-4H2,1-2H3. The SMILES string of the molecule is CCC(CC)Oc1c(Br)cc(C=O)cc1Br. The molecule has 0 atom stereocenters. The minimum atomic E-state index is 0.203. The number of aldehydes is 1. The van der Waals surface area contributed by atoms with Crippen molar-refractivity contribution in [3.8, 4) is 5.75 Å². The molecule has 0 amide bonds. The molecule has 1 aromatic carbocycles. The number of halogens is 2. The highest BCUT2D eigenvalue weighted by Crippen LogP contribution is 2.35. The normalized spacial score (nSPS) is 10.6. The molecular formula is C12H14Br2O2. The third-order valence-electron chi connectivity index (χ3n) is 2.35. The molecule has 0 radical (unpaired) electrons. The summed E-state index contributed by atoms with van der Waals surface area (Å²) in [7, 11) is 0. The van der Waals surface area contributed by atoms with E-state index >= 15 is 0 Å². The predicted octanol–water partition coefficient (Wildman–Crippen LogP) is 4.59. The van der Waals surface area contributed by atoms with Crippen LogP contribution in [-0.4, -0.2) is 12.4 Å². The molecule has 0 aliphatic rings. The minimum absolute atomic E-state index is 0.203. The average Bonchev–Trinajstić information content (AvgIpc) is 2.28. The molecule has 1 rings (SSSR count). The lowest BCUT2D eigenvalue weighted by Crippen LogP contribution is -2.14. The molecule has 0 heterocycles. The fourth-order valence-electron chi connectivity index (χ4n) is 1.38. The lowest BCUT2D eigenvalue weighted by atomic mass is 10.2. The molecule has 0 saturated heterocycles. The lowest BCUT2D eigenvalue weighted by Gasteiger charge is -2.18. The Labute approximate surface area is 113 Å². The molecule has 0 saturated carbocycles. The molecule has 0 unspecified atom stereocenters. The second-order valence-corrected chi connectivity index (χ2v) is 5.20. The first kappa shape index (κ1) is 13.7. The number of hydrogen-bond donors (Lipinski definition) is 0. The second kappa shape index (κ2) is 6.40. The third kappa shape index (κ3) is 3.32. The van der Waals surface area contributed by atoms with Crippen LogP contribution in [0.25, 0.3) is 0 Å². The molecule has 0 fully saturated rings. The summed E-state index contributed by atoms with van der Waals surface area (Å²) in [5, 5.41) is 0. The summed E-state index contributed by atoms with van der Waals surface area (Å²) >= 11 is 6.82. The van der Waals surface area contributed by atoms with Gasteiger partial charge in [-0.1, -0.05) is 13.8 Å². The summed E-state index contributed by atoms with van der Waals surface area (Å²) in [5.41, 5.74) is 0.621. The third-order valence-corrected chi connectivity index (χ3v) is 3.53. The van der Waals surface area contributed by atoms with Gasteiger partial charge in [0.05, 0.1) is 15.0 Å². The van der Waals surface area contributed by atoms with Crippen molar-refractivity contribution < 1.29 is 9.53 Å². The summed E-state index contributed by atoms with van der Waals surface area (Å²) in [6.07, 6.45) is 2.95. The molecule has 0 aliphatic heterocycles. The van der Waals surface area contributed by atoms with Crippen LogP contribution in [0.4, 0.5) is 0 Å². The number of hydrogen-bond acceptors (Lipinski definition) is 2. The van der Waals surface area contributed by atoms with Crippen molar-refractivity contribution in [1.29, 1.82) is 0 Å². The summed E-state index contributed by atoms with van der Waals surface area (Å²) in [6, 6.07) is 3.52. The Kier molecular flexibility index (Phi) is 5.49. The Morgan fingerprint density at radius 2 is 1.75 bits per heavy atom. The molecule has 88 valence electrons. The van der Waals surface area contributed by atoms with E-state index in [1.54, 1.807) is 12.1 Å². The molecule has 0 N–H and O–H groups in total. The maximum absolute atomic E-state index is 10.7. The number of rotatable bonds is 5. The topological polar surface area (TPSA) is 26.3 Å². The van der Waals surface area contributed by atoms with Gasteiger partial charge in [-0.25, -0.2) is 0 Å². The highest BCUT2D eigenvalue weighted by Gasteiger charge is 2.12. The van der Waals surface area contributed by atoms with Crippen LogP contribution in [0.2, 0.25) is 0 Å². The predicted molar refractivity (Wildman–Crippen MR) is 72.2 cm³/mol. The van der Waals surface area contributed by atoms with E-state index in [0.29, 0.717) is 5.56 Å². The van der Waals surface area contributed by atoms with Gasteiger partial charge in [-0.05, 0) is 56.8 Å². The van der Waals surface area contributed by atoms with Gasteiger partial charge in [-0.2, -0.15) is 0 Å². The lowest BCUT2D eigenvalue weighted by molar-refractivity contribution is 0.112. The molecule has 0 aromatic heterocycles. The highest BCUT2D eigenvalue weighted by atomic mass is 79.9. The van der Waals surface area contributed by atoms with E-state index in [1.807, 2.05) is 0 Å². The maximum atomic E-state index is 10.7. The summed E-state index contributed by atoms with van der Waals surface area (Å²) < 4.78 is 7.47. The first-order valence-corrected chi connectivity index (χ1v) is 6.81. The van der Waals surface area contributed by atoms with Crippen LogP contribution >= 0.6 is 31.9 Å². The van der Waals surface area contributed by atoms with Gasteiger partial charge in [0, 0.05) is 5.56 Å². The smallest absolute Gasteiger partial charge is 0.150 e. The molecule has 0 aliphatic carbocycles. The number of benzene rings is 1. The van der Waals surface area contributed by atoms with E-state index in [-0.39, 0.29) is 6.10 Å². The van der Waals surface area contributed by atoms with Gasteiger partial charge in [0.15, 0.2) is 0 Å². The van der Waals surface area contributed by atoms with E-state index in [9.17, 15) is 4.79 Å². The molecule has 2 nitrogen and oxygen atoms in total. The Morgan fingerprint density at radius 3 is 2.12 bits per heavy atom. The number of carbonyl (C=O) groups is 1. The van der Waals surface area contributed by atoms with Gasteiger partial charge in [0.25, 0.3) is 0 Å². The van der Waals surface area contributed by atoms with Crippen molar-refractivity contribution in [3.63, 3.8) is 0 Å². The number of ether oxygens (including phenoxy) is 1. The maximum Gasteiger partial charge on any atom is 0.150 e. The largest absolute Gasteiger partial charge is 0.488 e. The zero-order valence-electron chi connectivity index (χ0n) is 9.30. The van der Waals surface area contributed by atoms with Gasteiger partial charge in [0.2, 0.25) is 0 Å². The van der Waals surface area contributed by atoms with E-state index < -0.39 is 0 Å². The van der Waals surface area contributed by atoms with E-state index in [4.69, 9.17) is 4.74 Å². The summed E-state index contributed by atoms with van der Waals surface area (Å²) in [5.74, 6) is 0.763. The summed E-state index contributed by atoms with van der Waals surface area (Å²) in [6.45, 7) is 4.19. The zero-order valence-corrected chi connectivity index (χ0v) is 12.5. The van der Waals surface area contributed by atoms with Gasteiger partial charge in [-0.3, -0.25) is 4.79 Å². The first-order chi connectivity index (χ1) is 7.62. The van der Waals surface area contributed by atoms with Crippen molar-refractivity contribution >= 4 is 38.1 Å². The summed E-state index contributed by atoms with van der Waals surface area (Å²) in [4.78, 5) is 10.7. The Morgan fingerprint density at radius 1 is 1.25 bits per heavy atom. The van der Waals surface area contributed by atoms with Crippen LogP contribution in [0, 0.1) is 0 Å². The monoisotopic (exact) mass is 348 g/mol. The molecule has 4 heteroatoms. The zero-order chi connectivity index (χ0) is 12.1. The molecular weight excluding hydrogens is 336 g/mol. The molecule has 0 bridgehead atoms. The first-order valence-electron chi connectivity index (χ1n) is 5.23. The van der Waals surface area contributed by atoms with Crippen molar-refractivity contribution in [2.24, 2.45) is 0 Å². The fraction of sp³-hybridized carbons (Fsp3) is 0.417. The van der Waals surface area contributed by atoms with Crippen molar-refractivity contribution in [2.45, 2.75) is 32.8 Å². The van der Waals surface area contributed by atoms with Crippen molar-refractivity contribution in [2.75, 3.05) is 0 Å². The fourth-order valence-corrected chi connectivity index (χ4v) is 2.79. The molecule has 0 spiro atoms. The van der Waals surface area contributed by atoms with Crippen LogP contribution in [0.5, 0.6) is 5.75 Å². The second-order valence-electron chi connectivity index (χ2n) is 3.49. The molecule has 16 heavy (non-hydrogen) atoms. The average molecular weight is 350 g/mol. The Hall–Kier alpha value is -0.350. The number of carbonyl (C=O) groups excluding carboxylic acids is 1. The van der Waals surface area contributed by atoms with Crippen LogP contribution in [0.1, 0.15) is 37.0 Å². The van der Waals surface area contributed by atoms with E-state index in [2.05, 4.69) is 45.7 Å². The Bertz CT molecular complexity index is 350. The van der Waals surface area contributed by atoms with Gasteiger partial charge >= 0.3 is 0 Å². The van der Waals surface area contributed by atoms with Gasteiger partial charge < -0.3 is 4.74 Å². The van der Waals surface area contributed by atoms with Crippen LogP contribution in [-0.2, 0) is 0 Å². The van der Waals surface area contributed by atoms with Gasteiger partial charge in [-0.15, -0.1) is 0 Å². The molecule has 1 aromatic rings. The van der Waals surface area contributed by atoms with Crippen LogP contribution in [0.15, 0.2) is 21.1 Å². The quantitative estimate of drug-likeness (QED) is 0.726. The van der Waals surface area contributed by atoms with Crippen molar-refractivity contribution in [3.05, 3.63) is 26.6 Å².